The quantitative estimate of drug-likeness (QED) is 0.542. The van der Waals surface area contributed by atoms with Crippen molar-refractivity contribution in [2.75, 3.05) is 7.11 Å². The standard InChI is InChI=1S/C18H15ClN2O2S/c1-11(12-6-5-7-13(10-12)23-2)20-21-18(22)17-16(19)14-8-3-4-9-15(14)24-17/h3-10H,1-2H3,(H,21,22)/b20-11+. The van der Waals surface area contributed by atoms with Crippen LogP contribution < -0.4 is 10.2 Å². The highest BCUT2D eigenvalue weighted by Gasteiger charge is 2.16. The predicted octanol–water partition coefficient (Wildman–Crippen LogP) is 4.72. The van der Waals surface area contributed by atoms with Crippen LogP contribution in [0.2, 0.25) is 5.02 Å². The number of rotatable bonds is 4. The molecule has 0 atom stereocenters. The molecular weight excluding hydrogens is 344 g/mol. The van der Waals surface area contributed by atoms with Gasteiger partial charge in [0.05, 0.1) is 17.8 Å². The zero-order chi connectivity index (χ0) is 17.1. The van der Waals surface area contributed by atoms with Gasteiger partial charge in [-0.25, -0.2) is 5.43 Å². The van der Waals surface area contributed by atoms with Crippen LogP contribution in [-0.2, 0) is 0 Å². The highest BCUT2D eigenvalue weighted by atomic mass is 35.5. The number of ether oxygens (including phenoxy) is 1. The number of hydrogen-bond donors (Lipinski definition) is 1. The maximum atomic E-state index is 12.4. The van der Waals surface area contributed by atoms with Gasteiger partial charge in [0.25, 0.3) is 5.91 Å². The van der Waals surface area contributed by atoms with E-state index in [1.807, 2.05) is 55.5 Å². The van der Waals surface area contributed by atoms with Crippen LogP contribution in [0, 0.1) is 0 Å². The smallest absolute Gasteiger partial charge is 0.283 e. The largest absolute Gasteiger partial charge is 0.497 e. The first-order chi connectivity index (χ1) is 11.6. The van der Waals surface area contributed by atoms with Crippen molar-refractivity contribution in [2.24, 2.45) is 5.10 Å². The summed E-state index contributed by atoms with van der Waals surface area (Å²) in [5.41, 5.74) is 4.12. The van der Waals surface area contributed by atoms with Gasteiger partial charge in [0.2, 0.25) is 0 Å². The molecule has 4 nitrogen and oxygen atoms in total. The molecule has 1 amide bonds. The molecule has 6 heteroatoms. The molecule has 1 aromatic heterocycles. The second-order valence-corrected chi connectivity index (χ2v) is 6.54. The zero-order valence-electron chi connectivity index (χ0n) is 13.2. The van der Waals surface area contributed by atoms with Gasteiger partial charge < -0.3 is 4.74 Å². The van der Waals surface area contributed by atoms with Crippen molar-refractivity contribution in [1.82, 2.24) is 5.43 Å². The Kier molecular flexibility index (Phi) is 4.83. The number of carbonyl (C=O) groups excluding carboxylic acids is 1. The zero-order valence-corrected chi connectivity index (χ0v) is 14.7. The Balaban J connectivity index is 1.82. The maximum absolute atomic E-state index is 12.4. The molecule has 0 radical (unpaired) electrons. The Hall–Kier alpha value is -2.37. The van der Waals surface area contributed by atoms with Crippen molar-refractivity contribution >= 4 is 44.6 Å². The summed E-state index contributed by atoms with van der Waals surface area (Å²) in [6, 6.07) is 15.1. The number of nitrogens with zero attached hydrogens (tertiary/aromatic N) is 1. The van der Waals surface area contributed by atoms with E-state index in [-0.39, 0.29) is 5.91 Å². The molecule has 3 aromatic rings. The SMILES string of the molecule is COc1cccc(/C(C)=N/NC(=O)c2sc3ccccc3c2Cl)c1. The Morgan fingerprint density at radius 1 is 1.21 bits per heavy atom. The van der Waals surface area contributed by atoms with Gasteiger partial charge in [-0.1, -0.05) is 41.9 Å². The molecular formula is C18H15ClN2O2S. The van der Waals surface area contributed by atoms with Crippen LogP contribution in [0.4, 0.5) is 0 Å². The van der Waals surface area contributed by atoms with Gasteiger partial charge in [-0.05, 0) is 25.1 Å². The molecule has 0 aliphatic carbocycles. The van der Waals surface area contributed by atoms with Gasteiger partial charge in [0, 0.05) is 15.6 Å². The molecule has 0 unspecified atom stereocenters. The molecule has 0 spiro atoms. The first-order valence-electron chi connectivity index (χ1n) is 7.26. The van der Waals surface area contributed by atoms with Crippen molar-refractivity contribution in [2.45, 2.75) is 6.92 Å². The monoisotopic (exact) mass is 358 g/mol. The minimum absolute atomic E-state index is 0.316. The molecule has 2 aromatic carbocycles. The molecule has 1 heterocycles. The number of carbonyl (C=O) groups is 1. The molecule has 0 saturated carbocycles. The Morgan fingerprint density at radius 2 is 2.00 bits per heavy atom. The number of hydrogen-bond acceptors (Lipinski definition) is 4. The predicted molar refractivity (Wildman–Crippen MR) is 99.5 cm³/mol. The molecule has 0 aliphatic heterocycles. The fourth-order valence-corrected chi connectivity index (χ4v) is 3.66. The topological polar surface area (TPSA) is 50.7 Å². The van der Waals surface area contributed by atoms with Crippen LogP contribution >= 0.6 is 22.9 Å². The van der Waals surface area contributed by atoms with E-state index in [0.29, 0.717) is 15.6 Å². The third kappa shape index (κ3) is 3.27. The van der Waals surface area contributed by atoms with Crippen LogP contribution in [0.15, 0.2) is 53.6 Å². The van der Waals surface area contributed by atoms with Crippen molar-refractivity contribution in [3.05, 3.63) is 64.0 Å². The highest BCUT2D eigenvalue weighted by molar-refractivity contribution is 7.21. The van der Waals surface area contributed by atoms with E-state index in [2.05, 4.69) is 10.5 Å². The molecule has 24 heavy (non-hydrogen) atoms. The third-order valence-electron chi connectivity index (χ3n) is 3.55. The number of halogens is 1. The summed E-state index contributed by atoms with van der Waals surface area (Å²) in [4.78, 5) is 12.8. The lowest BCUT2D eigenvalue weighted by molar-refractivity contribution is 0.0959. The fourth-order valence-electron chi connectivity index (χ4n) is 2.26. The van der Waals surface area contributed by atoms with Crippen molar-refractivity contribution in [3.8, 4) is 5.75 Å². The molecule has 122 valence electrons. The van der Waals surface area contributed by atoms with Gasteiger partial charge >= 0.3 is 0 Å². The second kappa shape index (κ2) is 7.03. The number of methoxy groups -OCH3 is 1. The third-order valence-corrected chi connectivity index (χ3v) is 5.23. The van der Waals surface area contributed by atoms with Crippen LogP contribution in [0.1, 0.15) is 22.2 Å². The van der Waals surface area contributed by atoms with E-state index in [1.165, 1.54) is 11.3 Å². The van der Waals surface area contributed by atoms with Crippen LogP contribution in [0.3, 0.4) is 0 Å². The van der Waals surface area contributed by atoms with E-state index < -0.39 is 0 Å². The lowest BCUT2D eigenvalue weighted by Gasteiger charge is -2.04. The summed E-state index contributed by atoms with van der Waals surface area (Å²) in [5.74, 6) is 0.421. The van der Waals surface area contributed by atoms with Gasteiger partial charge in [0.15, 0.2) is 0 Å². The summed E-state index contributed by atoms with van der Waals surface area (Å²) >= 11 is 7.66. The number of nitrogens with one attached hydrogen (secondary N) is 1. The number of fused-ring (bicyclic) bond motifs is 1. The summed E-state index contributed by atoms with van der Waals surface area (Å²) in [6.07, 6.45) is 0. The maximum Gasteiger partial charge on any atom is 0.283 e. The normalized spacial score (nSPS) is 11.5. The van der Waals surface area contributed by atoms with Gasteiger partial charge in [-0.2, -0.15) is 5.10 Å². The molecule has 0 saturated heterocycles. The summed E-state index contributed by atoms with van der Waals surface area (Å²) in [7, 11) is 1.61. The summed E-state index contributed by atoms with van der Waals surface area (Å²) in [6.45, 7) is 1.82. The van der Waals surface area contributed by atoms with Gasteiger partial charge in [-0.3, -0.25) is 4.79 Å². The Labute approximate surface area is 148 Å². The van der Waals surface area contributed by atoms with Gasteiger partial charge in [-0.15, -0.1) is 11.3 Å². The molecule has 0 fully saturated rings. The summed E-state index contributed by atoms with van der Waals surface area (Å²) in [5, 5.41) is 5.51. The van der Waals surface area contributed by atoms with E-state index >= 15 is 0 Å². The van der Waals surface area contributed by atoms with Crippen molar-refractivity contribution in [3.63, 3.8) is 0 Å². The van der Waals surface area contributed by atoms with E-state index in [1.54, 1.807) is 7.11 Å². The molecule has 0 aliphatic rings. The molecule has 1 N–H and O–H groups in total. The highest BCUT2D eigenvalue weighted by Crippen LogP contribution is 2.34. The minimum atomic E-state index is -0.316. The van der Waals surface area contributed by atoms with Crippen LogP contribution in [0.25, 0.3) is 10.1 Å². The number of hydrazone groups is 1. The fraction of sp³-hybridized carbons (Fsp3) is 0.111. The van der Waals surface area contributed by atoms with Crippen molar-refractivity contribution in [1.29, 1.82) is 0 Å². The average molecular weight is 359 g/mol. The average Bonchev–Trinajstić information content (AvgIpc) is 2.96. The first kappa shape index (κ1) is 16.5. The van der Waals surface area contributed by atoms with Crippen molar-refractivity contribution < 1.29 is 9.53 Å². The van der Waals surface area contributed by atoms with E-state index in [4.69, 9.17) is 16.3 Å². The lowest BCUT2D eigenvalue weighted by Crippen LogP contribution is -2.18. The van der Waals surface area contributed by atoms with E-state index in [9.17, 15) is 4.79 Å². The number of benzene rings is 2. The Bertz CT molecular complexity index is 934. The second-order valence-electron chi connectivity index (χ2n) is 5.11. The number of amides is 1. The van der Waals surface area contributed by atoms with Gasteiger partial charge in [0.1, 0.15) is 10.6 Å². The molecule has 0 bridgehead atoms. The van der Waals surface area contributed by atoms with E-state index in [0.717, 1.165) is 21.4 Å². The first-order valence-corrected chi connectivity index (χ1v) is 8.45. The van der Waals surface area contributed by atoms with Crippen LogP contribution in [0.5, 0.6) is 5.75 Å². The Morgan fingerprint density at radius 3 is 2.75 bits per heavy atom. The van der Waals surface area contributed by atoms with Crippen LogP contribution in [-0.4, -0.2) is 18.7 Å². The lowest BCUT2D eigenvalue weighted by atomic mass is 10.1. The summed E-state index contributed by atoms with van der Waals surface area (Å²) < 4.78 is 6.16. The molecule has 3 rings (SSSR count). The number of thiophene rings is 1. The minimum Gasteiger partial charge on any atom is -0.497 e.